The van der Waals surface area contributed by atoms with Crippen molar-refractivity contribution in [2.45, 2.75) is 13.1 Å². The zero-order valence-electron chi connectivity index (χ0n) is 18.7. The van der Waals surface area contributed by atoms with Gasteiger partial charge in [0, 0.05) is 17.4 Å². The molecule has 0 fully saturated rings. The van der Waals surface area contributed by atoms with Gasteiger partial charge in [-0.1, -0.05) is 18.7 Å². The van der Waals surface area contributed by atoms with Crippen molar-refractivity contribution in [3.05, 3.63) is 84.5 Å². The maximum absolute atomic E-state index is 14.7. The highest BCUT2D eigenvalue weighted by molar-refractivity contribution is 7.10. The van der Waals surface area contributed by atoms with Crippen molar-refractivity contribution in [1.29, 1.82) is 0 Å². The number of rotatable bonds is 7. The van der Waals surface area contributed by atoms with Gasteiger partial charge in [-0.2, -0.15) is 22.5 Å². The molecule has 0 unspecified atom stereocenters. The molecule has 4 rings (SSSR count). The molecule has 36 heavy (non-hydrogen) atoms. The predicted octanol–water partition coefficient (Wildman–Crippen LogP) is 6.68. The molecule has 0 aliphatic rings. The number of halogens is 4. The van der Waals surface area contributed by atoms with Gasteiger partial charge in [-0.05, 0) is 66.5 Å². The van der Waals surface area contributed by atoms with E-state index >= 15 is 0 Å². The van der Waals surface area contributed by atoms with E-state index in [1.165, 1.54) is 42.0 Å². The molecular formula is C24H18F4N6OS. The van der Waals surface area contributed by atoms with E-state index in [2.05, 4.69) is 36.9 Å². The molecule has 0 spiro atoms. The van der Waals surface area contributed by atoms with Gasteiger partial charge in [-0.3, -0.25) is 4.79 Å². The molecule has 4 aromatic rings. The van der Waals surface area contributed by atoms with Gasteiger partial charge in [-0.15, -0.1) is 0 Å². The lowest BCUT2D eigenvalue weighted by molar-refractivity contribution is -0.137. The van der Waals surface area contributed by atoms with Crippen molar-refractivity contribution < 1.29 is 22.4 Å². The highest BCUT2D eigenvalue weighted by Gasteiger charge is 2.30. The summed E-state index contributed by atoms with van der Waals surface area (Å²) < 4.78 is 57.9. The van der Waals surface area contributed by atoms with Crippen molar-refractivity contribution in [1.82, 2.24) is 14.3 Å². The first-order chi connectivity index (χ1) is 17.1. The number of nitrogens with zero attached hydrogens (tertiary/aromatic N) is 3. The second-order valence-corrected chi connectivity index (χ2v) is 8.31. The Bertz CT molecular complexity index is 1420. The molecule has 0 saturated heterocycles. The van der Waals surface area contributed by atoms with E-state index in [1.807, 2.05) is 6.92 Å². The summed E-state index contributed by atoms with van der Waals surface area (Å²) in [5, 5.41) is 9.08. The van der Waals surface area contributed by atoms with Crippen molar-refractivity contribution in [3.63, 3.8) is 0 Å². The van der Waals surface area contributed by atoms with Crippen LogP contribution in [0.4, 0.5) is 45.7 Å². The lowest BCUT2D eigenvalue weighted by Gasteiger charge is -2.15. The predicted molar refractivity (Wildman–Crippen MR) is 131 cm³/mol. The summed E-state index contributed by atoms with van der Waals surface area (Å²) in [6.07, 6.45) is -2.01. The average Bonchev–Trinajstić information content (AvgIpc) is 3.25. The van der Waals surface area contributed by atoms with Crippen LogP contribution in [0.1, 0.15) is 11.3 Å². The number of hydrogen-bond acceptors (Lipinski definition) is 7. The molecule has 2 heterocycles. The van der Waals surface area contributed by atoms with E-state index in [4.69, 9.17) is 0 Å². The number of amides is 1. The van der Waals surface area contributed by atoms with Crippen LogP contribution in [0.2, 0.25) is 0 Å². The first kappa shape index (κ1) is 24.8. The van der Waals surface area contributed by atoms with E-state index in [0.29, 0.717) is 21.8 Å². The van der Waals surface area contributed by atoms with Gasteiger partial charge in [0.1, 0.15) is 16.6 Å². The molecule has 0 atom stereocenters. The van der Waals surface area contributed by atoms with Crippen molar-refractivity contribution in [3.8, 4) is 11.1 Å². The van der Waals surface area contributed by atoms with Gasteiger partial charge in [0.05, 0.1) is 16.9 Å². The minimum Gasteiger partial charge on any atom is -0.337 e. The Labute approximate surface area is 207 Å². The average molecular weight is 515 g/mol. The lowest BCUT2D eigenvalue weighted by atomic mass is 10.1. The normalized spacial score (nSPS) is 11.1. The fourth-order valence-electron chi connectivity index (χ4n) is 3.14. The first-order valence-electron chi connectivity index (χ1n) is 10.4. The SMILES string of the molecule is C=CC(=O)Nc1ccc(F)c(Nc2nc(Nc3cc(C)ns3)ncc2-c2ccc(C(F)(F)F)cc2)c1. The summed E-state index contributed by atoms with van der Waals surface area (Å²) in [6, 6.07) is 10.1. The van der Waals surface area contributed by atoms with Crippen molar-refractivity contribution in [2.75, 3.05) is 16.0 Å². The maximum Gasteiger partial charge on any atom is 0.416 e. The third kappa shape index (κ3) is 5.84. The molecule has 0 saturated carbocycles. The van der Waals surface area contributed by atoms with Crippen LogP contribution in [-0.4, -0.2) is 20.2 Å². The van der Waals surface area contributed by atoms with E-state index in [0.717, 1.165) is 30.0 Å². The number of benzene rings is 2. The van der Waals surface area contributed by atoms with Crippen LogP contribution in [0.5, 0.6) is 0 Å². The number of carbonyl (C=O) groups excluding carboxylic acids is 1. The number of hydrogen-bond donors (Lipinski definition) is 3. The third-order valence-corrected chi connectivity index (χ3v) is 5.64. The van der Waals surface area contributed by atoms with E-state index in [-0.39, 0.29) is 17.5 Å². The highest BCUT2D eigenvalue weighted by atomic mass is 32.1. The Kier molecular flexibility index (Phi) is 6.97. The Morgan fingerprint density at radius 2 is 1.83 bits per heavy atom. The summed E-state index contributed by atoms with van der Waals surface area (Å²) in [7, 11) is 0. The molecule has 0 aliphatic carbocycles. The van der Waals surface area contributed by atoms with E-state index in [9.17, 15) is 22.4 Å². The number of aryl methyl sites for hydroxylation is 1. The Balaban J connectivity index is 1.74. The molecule has 0 bridgehead atoms. The summed E-state index contributed by atoms with van der Waals surface area (Å²) in [5.74, 6) is -0.838. The van der Waals surface area contributed by atoms with Crippen LogP contribution in [0.25, 0.3) is 11.1 Å². The van der Waals surface area contributed by atoms with Crippen LogP contribution < -0.4 is 16.0 Å². The fraction of sp³-hybridized carbons (Fsp3) is 0.0833. The number of carbonyl (C=O) groups is 1. The monoisotopic (exact) mass is 514 g/mol. The van der Waals surface area contributed by atoms with Crippen LogP contribution in [0.3, 0.4) is 0 Å². The van der Waals surface area contributed by atoms with Gasteiger partial charge in [0.2, 0.25) is 11.9 Å². The van der Waals surface area contributed by atoms with Gasteiger partial charge in [0.25, 0.3) is 0 Å². The molecule has 12 heteroatoms. The lowest BCUT2D eigenvalue weighted by Crippen LogP contribution is -2.08. The van der Waals surface area contributed by atoms with Gasteiger partial charge < -0.3 is 16.0 Å². The van der Waals surface area contributed by atoms with Crippen LogP contribution in [-0.2, 0) is 11.0 Å². The Morgan fingerprint density at radius 1 is 1.08 bits per heavy atom. The molecule has 7 nitrogen and oxygen atoms in total. The largest absolute Gasteiger partial charge is 0.416 e. The quantitative estimate of drug-likeness (QED) is 0.188. The molecule has 3 N–H and O–H groups in total. The Morgan fingerprint density at radius 3 is 2.47 bits per heavy atom. The zero-order valence-corrected chi connectivity index (χ0v) is 19.5. The summed E-state index contributed by atoms with van der Waals surface area (Å²) in [4.78, 5) is 20.3. The van der Waals surface area contributed by atoms with Crippen molar-refractivity contribution >= 4 is 45.6 Å². The second-order valence-electron chi connectivity index (χ2n) is 7.50. The summed E-state index contributed by atoms with van der Waals surface area (Å²) in [6.45, 7) is 5.20. The van der Waals surface area contributed by atoms with Crippen LogP contribution in [0, 0.1) is 12.7 Å². The van der Waals surface area contributed by atoms with Gasteiger partial charge >= 0.3 is 6.18 Å². The smallest absolute Gasteiger partial charge is 0.337 e. The van der Waals surface area contributed by atoms with Crippen LogP contribution >= 0.6 is 11.5 Å². The molecule has 2 aromatic carbocycles. The molecule has 0 aliphatic heterocycles. The summed E-state index contributed by atoms with van der Waals surface area (Å²) in [5.41, 5.74) is 0.965. The second kappa shape index (κ2) is 10.1. The third-order valence-electron chi connectivity index (χ3n) is 4.85. The number of nitrogens with one attached hydrogen (secondary N) is 3. The minimum absolute atomic E-state index is 0.0247. The molecule has 2 aromatic heterocycles. The van der Waals surface area contributed by atoms with Gasteiger partial charge in [-0.25, -0.2) is 9.37 Å². The molecule has 0 radical (unpaired) electrons. The van der Waals surface area contributed by atoms with Crippen molar-refractivity contribution in [2.24, 2.45) is 0 Å². The zero-order chi connectivity index (χ0) is 25.9. The molecule has 184 valence electrons. The van der Waals surface area contributed by atoms with E-state index < -0.39 is 23.5 Å². The highest BCUT2D eigenvalue weighted by Crippen LogP contribution is 2.35. The van der Waals surface area contributed by atoms with Gasteiger partial charge in [0.15, 0.2) is 0 Å². The molecular weight excluding hydrogens is 496 g/mol. The fourth-order valence-corrected chi connectivity index (χ4v) is 3.79. The number of alkyl halides is 3. The topological polar surface area (TPSA) is 91.8 Å². The minimum atomic E-state index is -4.49. The molecule has 1 amide bonds. The van der Waals surface area contributed by atoms with E-state index in [1.54, 1.807) is 6.07 Å². The van der Waals surface area contributed by atoms with Crippen LogP contribution in [0.15, 0.2) is 67.4 Å². The number of anilines is 5. The Hall–Kier alpha value is -4.32. The summed E-state index contributed by atoms with van der Waals surface area (Å²) >= 11 is 1.19. The first-order valence-corrected chi connectivity index (χ1v) is 11.1. The number of aromatic nitrogens is 3. The standard InChI is InChI=1S/C24H18F4N6OS/c1-3-20(35)30-16-8-9-18(25)19(11-16)31-22-17(14-4-6-15(7-5-14)24(26,27)28)12-29-23(33-22)32-21-10-13(2)34-36-21/h3-12H,1H2,2H3,(H,30,35)(H2,29,31,32,33). The maximum atomic E-state index is 14.7.